The van der Waals surface area contributed by atoms with Crippen LogP contribution in [0.25, 0.3) is 0 Å². The molecule has 1 aliphatic rings. The van der Waals surface area contributed by atoms with Crippen molar-refractivity contribution in [2.45, 2.75) is 20.4 Å². The second kappa shape index (κ2) is 6.58. The van der Waals surface area contributed by atoms with Crippen molar-refractivity contribution >= 4 is 17.5 Å². The summed E-state index contributed by atoms with van der Waals surface area (Å²) in [6.07, 6.45) is 7.83. The molecular formula is C17H18ClNO. The van der Waals surface area contributed by atoms with Crippen molar-refractivity contribution in [1.82, 2.24) is 4.90 Å². The van der Waals surface area contributed by atoms with E-state index in [9.17, 15) is 4.79 Å². The molecule has 1 fully saturated rings. The fourth-order valence-electron chi connectivity index (χ4n) is 2.27. The van der Waals surface area contributed by atoms with Crippen LogP contribution >= 0.6 is 11.6 Å². The van der Waals surface area contributed by atoms with Gasteiger partial charge in [-0.2, -0.15) is 0 Å². The van der Waals surface area contributed by atoms with Gasteiger partial charge in [-0.15, -0.1) is 0 Å². The van der Waals surface area contributed by atoms with Crippen LogP contribution in [0.2, 0.25) is 5.02 Å². The van der Waals surface area contributed by atoms with Gasteiger partial charge in [0.05, 0.1) is 0 Å². The van der Waals surface area contributed by atoms with Gasteiger partial charge >= 0.3 is 0 Å². The number of likely N-dealkylation sites (tertiary alicyclic amines) is 1. The summed E-state index contributed by atoms with van der Waals surface area (Å²) in [7, 11) is 0. The van der Waals surface area contributed by atoms with Crippen molar-refractivity contribution in [3.05, 3.63) is 70.3 Å². The Hall–Kier alpha value is -1.80. The van der Waals surface area contributed by atoms with E-state index in [1.165, 1.54) is 0 Å². The lowest BCUT2D eigenvalue weighted by atomic mass is 10.1. The van der Waals surface area contributed by atoms with Crippen molar-refractivity contribution in [2.75, 3.05) is 6.54 Å². The second-order valence-corrected chi connectivity index (χ2v) is 5.14. The van der Waals surface area contributed by atoms with Crippen LogP contribution in [0.4, 0.5) is 0 Å². The van der Waals surface area contributed by atoms with E-state index in [1.54, 1.807) is 0 Å². The van der Waals surface area contributed by atoms with Gasteiger partial charge in [-0.3, -0.25) is 4.79 Å². The average molecular weight is 288 g/mol. The third-order valence-electron chi connectivity index (χ3n) is 3.29. The summed E-state index contributed by atoms with van der Waals surface area (Å²) in [6.45, 7) is 5.14. The summed E-state index contributed by atoms with van der Waals surface area (Å²) < 4.78 is 0. The predicted octanol–water partition coefficient (Wildman–Crippen LogP) is 4.13. The quantitative estimate of drug-likeness (QED) is 0.766. The number of carbonyl (C=O) groups excluding carboxylic acids is 1. The van der Waals surface area contributed by atoms with Crippen molar-refractivity contribution < 1.29 is 4.79 Å². The highest BCUT2D eigenvalue weighted by molar-refractivity contribution is 6.30. The average Bonchev–Trinajstić information content (AvgIpc) is 2.75. The molecule has 20 heavy (non-hydrogen) atoms. The van der Waals surface area contributed by atoms with E-state index < -0.39 is 0 Å². The van der Waals surface area contributed by atoms with E-state index in [1.807, 2.05) is 67.3 Å². The molecule has 1 saturated heterocycles. The molecule has 0 atom stereocenters. The van der Waals surface area contributed by atoms with Gasteiger partial charge in [-0.1, -0.05) is 48.0 Å². The maximum absolute atomic E-state index is 12.3. The zero-order valence-electron chi connectivity index (χ0n) is 11.8. The molecule has 0 spiro atoms. The zero-order chi connectivity index (χ0) is 14.5. The predicted molar refractivity (Wildman–Crippen MR) is 83.5 cm³/mol. The van der Waals surface area contributed by atoms with Gasteiger partial charge < -0.3 is 4.90 Å². The van der Waals surface area contributed by atoms with E-state index in [0.29, 0.717) is 18.1 Å². The Bertz CT molecular complexity index is 582. The summed E-state index contributed by atoms with van der Waals surface area (Å²) in [5.41, 5.74) is 2.96. The van der Waals surface area contributed by atoms with Gasteiger partial charge in [-0.05, 0) is 37.1 Å². The first-order valence-electron chi connectivity index (χ1n) is 6.68. The third kappa shape index (κ3) is 3.20. The summed E-state index contributed by atoms with van der Waals surface area (Å²) in [6, 6.07) is 7.62. The number of halogens is 1. The Morgan fingerprint density at radius 3 is 2.55 bits per heavy atom. The van der Waals surface area contributed by atoms with Crippen LogP contribution < -0.4 is 0 Å². The molecule has 3 heteroatoms. The topological polar surface area (TPSA) is 20.3 Å². The molecule has 1 amide bonds. The minimum absolute atomic E-state index is 0.0956. The van der Waals surface area contributed by atoms with Crippen molar-refractivity contribution in [3.63, 3.8) is 0 Å². The van der Waals surface area contributed by atoms with E-state index in [-0.39, 0.29) is 5.91 Å². The Balaban J connectivity index is 2.18. The zero-order valence-corrected chi connectivity index (χ0v) is 12.5. The maximum Gasteiger partial charge on any atom is 0.254 e. The second-order valence-electron chi connectivity index (χ2n) is 4.71. The van der Waals surface area contributed by atoms with Crippen molar-refractivity contribution in [1.29, 1.82) is 0 Å². The number of benzene rings is 1. The fraction of sp³-hybridized carbons (Fsp3) is 0.235. The van der Waals surface area contributed by atoms with Crippen LogP contribution in [0.3, 0.4) is 0 Å². The molecule has 0 bridgehead atoms. The van der Waals surface area contributed by atoms with Crippen LogP contribution in [0, 0.1) is 0 Å². The number of hydrogen-bond acceptors (Lipinski definition) is 1. The smallest absolute Gasteiger partial charge is 0.254 e. The monoisotopic (exact) mass is 287 g/mol. The molecule has 0 aromatic heterocycles. The van der Waals surface area contributed by atoms with Crippen LogP contribution in [-0.4, -0.2) is 17.4 Å². The van der Waals surface area contributed by atoms with E-state index in [0.717, 1.165) is 16.7 Å². The van der Waals surface area contributed by atoms with Crippen LogP contribution in [0.15, 0.2) is 59.7 Å². The Kier molecular flexibility index (Phi) is 4.80. The molecule has 0 unspecified atom stereocenters. The molecule has 1 aromatic carbocycles. The molecule has 104 valence electrons. The molecule has 1 heterocycles. The molecule has 1 aliphatic heterocycles. The van der Waals surface area contributed by atoms with Gasteiger partial charge in [0, 0.05) is 23.7 Å². The highest BCUT2D eigenvalue weighted by Crippen LogP contribution is 2.25. The molecular weight excluding hydrogens is 270 g/mol. The normalized spacial score (nSPS) is 19.8. The number of allylic oxidation sites excluding steroid dienone is 4. The molecule has 2 nitrogen and oxygen atoms in total. The van der Waals surface area contributed by atoms with E-state index >= 15 is 0 Å². The third-order valence-corrected chi connectivity index (χ3v) is 3.54. The first kappa shape index (κ1) is 14.6. The van der Waals surface area contributed by atoms with Gasteiger partial charge in [0.25, 0.3) is 5.91 Å². The lowest BCUT2D eigenvalue weighted by Gasteiger charge is -2.14. The molecule has 0 aliphatic carbocycles. The Morgan fingerprint density at radius 1 is 1.25 bits per heavy atom. The molecule has 2 rings (SSSR count). The minimum atomic E-state index is 0.0956. The first-order valence-corrected chi connectivity index (χ1v) is 7.05. The SMILES string of the molecule is C\C=C/C=C1/CN(Cc2ccc(Cl)cc2)C(=O)/C1=C\C. The molecule has 0 saturated carbocycles. The molecule has 0 N–H and O–H groups in total. The molecule has 0 radical (unpaired) electrons. The minimum Gasteiger partial charge on any atom is -0.330 e. The summed E-state index contributed by atoms with van der Waals surface area (Å²) in [4.78, 5) is 14.2. The number of rotatable bonds is 3. The number of hydrogen-bond donors (Lipinski definition) is 0. The standard InChI is InChI=1S/C17H18ClNO/c1-3-5-6-14-12-19(17(20)16(14)4-2)11-13-7-9-15(18)10-8-13/h3-10H,11-12H2,1-2H3/b5-3-,14-6-,16-4-. The van der Waals surface area contributed by atoms with Crippen LogP contribution in [0.1, 0.15) is 19.4 Å². The van der Waals surface area contributed by atoms with Crippen molar-refractivity contribution in [2.24, 2.45) is 0 Å². The highest BCUT2D eigenvalue weighted by Gasteiger charge is 2.29. The van der Waals surface area contributed by atoms with E-state index in [4.69, 9.17) is 11.6 Å². The maximum atomic E-state index is 12.3. The summed E-state index contributed by atoms with van der Waals surface area (Å²) in [5, 5.41) is 0.712. The Morgan fingerprint density at radius 2 is 1.95 bits per heavy atom. The van der Waals surface area contributed by atoms with Crippen molar-refractivity contribution in [3.8, 4) is 0 Å². The van der Waals surface area contributed by atoms with Gasteiger partial charge in [0.1, 0.15) is 0 Å². The van der Waals surface area contributed by atoms with Gasteiger partial charge in [0.15, 0.2) is 0 Å². The highest BCUT2D eigenvalue weighted by atomic mass is 35.5. The van der Waals surface area contributed by atoms with Gasteiger partial charge in [-0.25, -0.2) is 0 Å². The largest absolute Gasteiger partial charge is 0.330 e. The Labute approximate surface area is 125 Å². The lowest BCUT2D eigenvalue weighted by Crippen LogP contribution is -2.24. The number of nitrogens with zero attached hydrogens (tertiary/aromatic N) is 1. The summed E-state index contributed by atoms with van der Waals surface area (Å²) in [5.74, 6) is 0.0956. The number of carbonyl (C=O) groups is 1. The lowest BCUT2D eigenvalue weighted by molar-refractivity contribution is -0.125. The fourth-order valence-corrected chi connectivity index (χ4v) is 2.40. The van der Waals surface area contributed by atoms with E-state index in [2.05, 4.69) is 0 Å². The van der Waals surface area contributed by atoms with Crippen LogP contribution in [0.5, 0.6) is 0 Å². The summed E-state index contributed by atoms with van der Waals surface area (Å²) >= 11 is 5.88. The molecule has 1 aromatic rings. The number of amides is 1. The van der Waals surface area contributed by atoms with Gasteiger partial charge in [0.2, 0.25) is 0 Å². The van der Waals surface area contributed by atoms with Crippen LogP contribution in [-0.2, 0) is 11.3 Å². The first-order chi connectivity index (χ1) is 9.65.